The van der Waals surface area contributed by atoms with Crippen molar-refractivity contribution < 1.29 is 4.74 Å². The second-order valence-electron chi connectivity index (χ2n) is 3.13. The SMILES string of the molecule is COc1ccc(Cl)cc1-c1nccnc1N. The zero-order valence-corrected chi connectivity index (χ0v) is 9.40. The highest BCUT2D eigenvalue weighted by atomic mass is 35.5. The van der Waals surface area contributed by atoms with Crippen molar-refractivity contribution in [1.29, 1.82) is 0 Å². The molecule has 1 aromatic heterocycles. The lowest BCUT2D eigenvalue weighted by molar-refractivity contribution is 0.416. The number of nitrogens with zero attached hydrogens (tertiary/aromatic N) is 2. The number of methoxy groups -OCH3 is 1. The van der Waals surface area contributed by atoms with Crippen LogP contribution in [0.3, 0.4) is 0 Å². The molecular weight excluding hydrogens is 226 g/mol. The third kappa shape index (κ3) is 1.92. The molecular formula is C11H10ClN3O. The summed E-state index contributed by atoms with van der Waals surface area (Å²) in [6, 6.07) is 5.27. The van der Waals surface area contributed by atoms with Gasteiger partial charge >= 0.3 is 0 Å². The van der Waals surface area contributed by atoms with Gasteiger partial charge in [0.05, 0.1) is 7.11 Å². The molecule has 1 aromatic carbocycles. The van der Waals surface area contributed by atoms with Gasteiger partial charge in [0.2, 0.25) is 0 Å². The number of hydrogen-bond acceptors (Lipinski definition) is 4. The Morgan fingerprint density at radius 2 is 2.00 bits per heavy atom. The minimum Gasteiger partial charge on any atom is -0.496 e. The fourth-order valence-corrected chi connectivity index (χ4v) is 1.59. The van der Waals surface area contributed by atoms with E-state index in [0.717, 1.165) is 5.56 Å². The van der Waals surface area contributed by atoms with Gasteiger partial charge in [0, 0.05) is 23.0 Å². The summed E-state index contributed by atoms with van der Waals surface area (Å²) in [5.74, 6) is 1.01. The summed E-state index contributed by atoms with van der Waals surface area (Å²) in [4.78, 5) is 8.15. The maximum absolute atomic E-state index is 5.93. The fourth-order valence-electron chi connectivity index (χ4n) is 1.42. The van der Waals surface area contributed by atoms with E-state index in [1.165, 1.54) is 6.20 Å². The summed E-state index contributed by atoms with van der Waals surface area (Å²) in [5.41, 5.74) is 7.06. The Morgan fingerprint density at radius 1 is 1.25 bits per heavy atom. The summed E-state index contributed by atoms with van der Waals surface area (Å²) in [7, 11) is 1.58. The van der Waals surface area contributed by atoms with Gasteiger partial charge in [-0.15, -0.1) is 0 Å². The van der Waals surface area contributed by atoms with E-state index in [1.807, 2.05) is 0 Å². The molecule has 0 saturated carbocycles. The standard InChI is InChI=1S/C11H10ClN3O/c1-16-9-3-2-7(12)6-8(9)10-11(13)15-5-4-14-10/h2-6H,1H3,(H2,13,15). The molecule has 0 aliphatic carbocycles. The predicted octanol–water partition coefficient (Wildman–Crippen LogP) is 2.39. The summed E-state index contributed by atoms with van der Waals surface area (Å²) in [5, 5.41) is 0.598. The van der Waals surface area contributed by atoms with Gasteiger partial charge < -0.3 is 10.5 Å². The molecule has 0 radical (unpaired) electrons. The quantitative estimate of drug-likeness (QED) is 0.868. The number of ether oxygens (including phenoxy) is 1. The minimum absolute atomic E-state index is 0.350. The molecule has 2 aromatic rings. The van der Waals surface area contributed by atoms with Gasteiger partial charge in [-0.25, -0.2) is 4.98 Å². The Morgan fingerprint density at radius 3 is 2.69 bits per heavy atom. The average Bonchev–Trinajstić information content (AvgIpc) is 2.29. The number of nitrogen functional groups attached to an aromatic ring is 1. The Kier molecular flexibility index (Phi) is 2.92. The van der Waals surface area contributed by atoms with Crippen molar-refractivity contribution in [2.24, 2.45) is 0 Å². The lowest BCUT2D eigenvalue weighted by Crippen LogP contribution is -1.97. The van der Waals surface area contributed by atoms with E-state index in [0.29, 0.717) is 22.3 Å². The molecule has 0 spiro atoms. The molecule has 4 nitrogen and oxygen atoms in total. The van der Waals surface area contributed by atoms with Crippen molar-refractivity contribution in [2.45, 2.75) is 0 Å². The number of benzene rings is 1. The summed E-state index contributed by atoms with van der Waals surface area (Å²) >= 11 is 5.93. The number of aromatic nitrogens is 2. The smallest absolute Gasteiger partial charge is 0.150 e. The first kappa shape index (κ1) is 10.7. The van der Waals surface area contributed by atoms with E-state index in [9.17, 15) is 0 Å². The maximum atomic E-state index is 5.93. The fraction of sp³-hybridized carbons (Fsp3) is 0.0909. The van der Waals surface area contributed by atoms with E-state index in [1.54, 1.807) is 31.5 Å². The van der Waals surface area contributed by atoms with Crippen LogP contribution in [0.4, 0.5) is 5.82 Å². The van der Waals surface area contributed by atoms with Gasteiger partial charge in [0.15, 0.2) is 0 Å². The van der Waals surface area contributed by atoms with Gasteiger partial charge in [-0.2, -0.15) is 0 Å². The number of rotatable bonds is 2. The van der Waals surface area contributed by atoms with Gasteiger partial charge in [0.25, 0.3) is 0 Å². The first-order valence-corrected chi connectivity index (χ1v) is 5.00. The number of halogens is 1. The zero-order chi connectivity index (χ0) is 11.5. The van der Waals surface area contributed by atoms with Crippen LogP contribution in [0.15, 0.2) is 30.6 Å². The third-order valence-electron chi connectivity index (χ3n) is 2.14. The van der Waals surface area contributed by atoms with Crippen LogP contribution in [0.2, 0.25) is 5.02 Å². The maximum Gasteiger partial charge on any atom is 0.150 e. The van der Waals surface area contributed by atoms with E-state index in [4.69, 9.17) is 22.1 Å². The Balaban J connectivity index is 2.63. The summed E-state index contributed by atoms with van der Waals surface area (Å²) < 4.78 is 5.23. The van der Waals surface area contributed by atoms with Crippen LogP contribution >= 0.6 is 11.6 Å². The molecule has 0 unspecified atom stereocenters. The van der Waals surface area contributed by atoms with E-state index in [2.05, 4.69) is 9.97 Å². The normalized spacial score (nSPS) is 10.1. The molecule has 0 fully saturated rings. The highest BCUT2D eigenvalue weighted by Gasteiger charge is 2.11. The van der Waals surface area contributed by atoms with Crippen LogP contribution in [0.25, 0.3) is 11.3 Å². The van der Waals surface area contributed by atoms with E-state index < -0.39 is 0 Å². The molecule has 2 rings (SSSR count). The minimum atomic E-state index is 0.350. The molecule has 0 aliphatic heterocycles. The molecule has 0 amide bonds. The van der Waals surface area contributed by atoms with Crippen molar-refractivity contribution in [3.05, 3.63) is 35.6 Å². The van der Waals surface area contributed by atoms with Gasteiger partial charge in [-0.05, 0) is 18.2 Å². The van der Waals surface area contributed by atoms with Crippen LogP contribution in [-0.2, 0) is 0 Å². The highest BCUT2D eigenvalue weighted by molar-refractivity contribution is 6.31. The summed E-state index contributed by atoms with van der Waals surface area (Å²) in [6.45, 7) is 0. The molecule has 0 aliphatic rings. The summed E-state index contributed by atoms with van der Waals surface area (Å²) in [6.07, 6.45) is 3.11. The molecule has 16 heavy (non-hydrogen) atoms. The van der Waals surface area contributed by atoms with Crippen molar-refractivity contribution in [3.8, 4) is 17.0 Å². The van der Waals surface area contributed by atoms with Crippen molar-refractivity contribution in [3.63, 3.8) is 0 Å². The molecule has 1 heterocycles. The van der Waals surface area contributed by atoms with Crippen LogP contribution in [0.5, 0.6) is 5.75 Å². The lowest BCUT2D eigenvalue weighted by Gasteiger charge is -2.09. The topological polar surface area (TPSA) is 61.0 Å². The van der Waals surface area contributed by atoms with Gasteiger partial charge in [-0.3, -0.25) is 4.98 Å². The van der Waals surface area contributed by atoms with Crippen LogP contribution < -0.4 is 10.5 Å². The van der Waals surface area contributed by atoms with E-state index >= 15 is 0 Å². The molecule has 5 heteroatoms. The number of nitrogens with two attached hydrogens (primary N) is 1. The molecule has 2 N–H and O–H groups in total. The lowest BCUT2D eigenvalue weighted by atomic mass is 10.1. The molecule has 0 atom stereocenters. The third-order valence-corrected chi connectivity index (χ3v) is 2.38. The second-order valence-corrected chi connectivity index (χ2v) is 3.57. The van der Waals surface area contributed by atoms with Gasteiger partial charge in [-0.1, -0.05) is 11.6 Å². The predicted molar refractivity (Wildman–Crippen MR) is 63.4 cm³/mol. The van der Waals surface area contributed by atoms with Crippen LogP contribution in [0.1, 0.15) is 0 Å². The van der Waals surface area contributed by atoms with E-state index in [-0.39, 0.29) is 0 Å². The average molecular weight is 236 g/mol. The van der Waals surface area contributed by atoms with Crippen molar-refractivity contribution in [2.75, 3.05) is 12.8 Å². The number of anilines is 1. The zero-order valence-electron chi connectivity index (χ0n) is 8.64. The monoisotopic (exact) mass is 235 g/mol. The Hall–Kier alpha value is -1.81. The van der Waals surface area contributed by atoms with Crippen LogP contribution in [-0.4, -0.2) is 17.1 Å². The molecule has 82 valence electrons. The van der Waals surface area contributed by atoms with Crippen molar-refractivity contribution >= 4 is 17.4 Å². The number of hydrogen-bond donors (Lipinski definition) is 1. The first-order valence-electron chi connectivity index (χ1n) is 4.63. The second kappa shape index (κ2) is 4.37. The van der Waals surface area contributed by atoms with Gasteiger partial charge in [0.1, 0.15) is 17.3 Å². The van der Waals surface area contributed by atoms with Crippen molar-refractivity contribution in [1.82, 2.24) is 9.97 Å². The first-order chi connectivity index (χ1) is 7.72. The Bertz CT molecular complexity index is 516. The molecule has 0 saturated heterocycles. The van der Waals surface area contributed by atoms with Crippen LogP contribution in [0, 0.1) is 0 Å². The molecule has 0 bridgehead atoms. The largest absolute Gasteiger partial charge is 0.496 e. The Labute approximate surface area is 98.0 Å². The highest BCUT2D eigenvalue weighted by Crippen LogP contribution is 2.33.